The molecular formula is C14H19FN4O. The van der Waals surface area contributed by atoms with Gasteiger partial charge in [0, 0.05) is 12.1 Å². The van der Waals surface area contributed by atoms with E-state index >= 15 is 0 Å². The lowest BCUT2D eigenvalue weighted by Crippen LogP contribution is -2.19. The van der Waals surface area contributed by atoms with E-state index in [1.807, 2.05) is 6.92 Å². The maximum absolute atomic E-state index is 13.4. The van der Waals surface area contributed by atoms with Crippen LogP contribution in [0.15, 0.2) is 28.7 Å². The van der Waals surface area contributed by atoms with Crippen molar-refractivity contribution in [3.8, 4) is 0 Å². The summed E-state index contributed by atoms with van der Waals surface area (Å²) >= 11 is 0. The summed E-state index contributed by atoms with van der Waals surface area (Å²) in [5.74, 6) is 0.271. The molecule has 0 aliphatic rings. The minimum absolute atomic E-state index is 0.00598. The monoisotopic (exact) mass is 278 g/mol. The van der Waals surface area contributed by atoms with Gasteiger partial charge in [0.2, 0.25) is 5.89 Å². The van der Waals surface area contributed by atoms with Gasteiger partial charge in [-0.3, -0.25) is 0 Å². The van der Waals surface area contributed by atoms with E-state index in [0.717, 1.165) is 13.0 Å². The molecule has 0 bridgehead atoms. The van der Waals surface area contributed by atoms with E-state index in [1.54, 1.807) is 18.2 Å². The number of benzene rings is 1. The molecule has 0 amide bonds. The first-order chi connectivity index (χ1) is 9.70. The maximum atomic E-state index is 13.4. The molecule has 1 aromatic heterocycles. The summed E-state index contributed by atoms with van der Waals surface area (Å²) in [4.78, 5) is 0. The van der Waals surface area contributed by atoms with Crippen molar-refractivity contribution in [1.29, 1.82) is 0 Å². The van der Waals surface area contributed by atoms with E-state index in [9.17, 15) is 4.39 Å². The molecule has 0 aliphatic heterocycles. The minimum atomic E-state index is -0.252. The second-order valence-corrected chi connectivity index (χ2v) is 4.57. The number of anilines is 1. The lowest BCUT2D eigenvalue weighted by molar-refractivity contribution is 0.423. The summed E-state index contributed by atoms with van der Waals surface area (Å²) in [5.41, 5.74) is 0.560. The first-order valence-corrected chi connectivity index (χ1v) is 6.74. The highest BCUT2D eigenvalue weighted by atomic mass is 19.1. The van der Waals surface area contributed by atoms with Crippen LogP contribution >= 0.6 is 0 Å². The predicted octanol–water partition coefficient (Wildman–Crippen LogP) is 2.88. The third-order valence-corrected chi connectivity index (χ3v) is 2.90. The molecule has 0 saturated heterocycles. The Morgan fingerprint density at radius 2 is 2.10 bits per heavy atom. The van der Waals surface area contributed by atoms with E-state index in [1.165, 1.54) is 6.07 Å². The molecule has 108 valence electrons. The molecule has 0 fully saturated rings. The molecule has 2 rings (SSSR count). The fourth-order valence-electron chi connectivity index (χ4n) is 1.74. The molecule has 1 atom stereocenters. The van der Waals surface area contributed by atoms with Crippen LogP contribution in [-0.4, -0.2) is 16.7 Å². The third-order valence-electron chi connectivity index (χ3n) is 2.90. The number of aromatic nitrogens is 2. The van der Waals surface area contributed by atoms with Crippen LogP contribution in [0.25, 0.3) is 0 Å². The van der Waals surface area contributed by atoms with Crippen molar-refractivity contribution in [3.63, 3.8) is 0 Å². The smallest absolute Gasteiger partial charge is 0.315 e. The summed E-state index contributed by atoms with van der Waals surface area (Å²) < 4.78 is 18.9. The normalized spacial score (nSPS) is 12.3. The highest BCUT2D eigenvalue weighted by Gasteiger charge is 2.13. The second-order valence-electron chi connectivity index (χ2n) is 4.57. The molecule has 2 aromatic rings. The van der Waals surface area contributed by atoms with Crippen LogP contribution in [-0.2, 0) is 6.54 Å². The van der Waals surface area contributed by atoms with Crippen LogP contribution in [0, 0.1) is 5.82 Å². The van der Waals surface area contributed by atoms with Crippen LogP contribution in [0.2, 0.25) is 0 Å². The highest BCUT2D eigenvalue weighted by Crippen LogP contribution is 2.15. The van der Waals surface area contributed by atoms with Gasteiger partial charge in [-0.25, -0.2) is 4.39 Å². The zero-order valence-corrected chi connectivity index (χ0v) is 11.7. The van der Waals surface area contributed by atoms with Crippen LogP contribution in [0.1, 0.15) is 37.8 Å². The van der Waals surface area contributed by atoms with Crippen molar-refractivity contribution in [2.45, 2.75) is 32.9 Å². The predicted molar refractivity (Wildman–Crippen MR) is 74.7 cm³/mol. The van der Waals surface area contributed by atoms with Crippen molar-refractivity contribution in [2.24, 2.45) is 0 Å². The van der Waals surface area contributed by atoms with Gasteiger partial charge >= 0.3 is 6.01 Å². The fourth-order valence-corrected chi connectivity index (χ4v) is 1.74. The Kier molecular flexibility index (Phi) is 5.06. The van der Waals surface area contributed by atoms with Crippen LogP contribution in [0.4, 0.5) is 10.4 Å². The van der Waals surface area contributed by atoms with Gasteiger partial charge in [0.25, 0.3) is 0 Å². The van der Waals surface area contributed by atoms with E-state index in [4.69, 9.17) is 4.42 Å². The Morgan fingerprint density at radius 1 is 1.30 bits per heavy atom. The van der Waals surface area contributed by atoms with Gasteiger partial charge in [0.05, 0.1) is 6.04 Å². The van der Waals surface area contributed by atoms with E-state index in [2.05, 4.69) is 27.8 Å². The Labute approximate surface area is 117 Å². The zero-order valence-electron chi connectivity index (χ0n) is 11.7. The number of halogens is 1. The molecule has 5 nitrogen and oxygen atoms in total. The molecule has 2 N–H and O–H groups in total. The van der Waals surface area contributed by atoms with Gasteiger partial charge in [-0.1, -0.05) is 30.2 Å². The molecule has 0 radical (unpaired) electrons. The number of hydrogen-bond acceptors (Lipinski definition) is 5. The Morgan fingerprint density at radius 3 is 2.85 bits per heavy atom. The van der Waals surface area contributed by atoms with Crippen LogP contribution < -0.4 is 10.6 Å². The molecule has 1 heterocycles. The third kappa shape index (κ3) is 3.77. The van der Waals surface area contributed by atoms with Crippen molar-refractivity contribution in [2.75, 3.05) is 11.9 Å². The van der Waals surface area contributed by atoms with Crippen LogP contribution in [0.5, 0.6) is 0 Å². The molecule has 0 saturated carbocycles. The molecule has 6 heteroatoms. The topological polar surface area (TPSA) is 63.0 Å². The van der Waals surface area contributed by atoms with Gasteiger partial charge in [-0.2, -0.15) is 0 Å². The van der Waals surface area contributed by atoms with Gasteiger partial charge in [-0.05, 0) is 26.0 Å². The number of nitrogens with one attached hydrogen (secondary N) is 2. The summed E-state index contributed by atoms with van der Waals surface area (Å²) in [6, 6.07) is 6.89. The largest absolute Gasteiger partial charge is 0.406 e. The lowest BCUT2D eigenvalue weighted by Gasteiger charge is -2.07. The highest BCUT2D eigenvalue weighted by molar-refractivity contribution is 5.24. The minimum Gasteiger partial charge on any atom is -0.406 e. The summed E-state index contributed by atoms with van der Waals surface area (Å²) in [6.07, 6.45) is 1.04. The fraction of sp³-hybridized carbons (Fsp3) is 0.429. The molecular weight excluding hydrogens is 259 g/mol. The van der Waals surface area contributed by atoms with E-state index in [0.29, 0.717) is 24.0 Å². The number of hydrogen-bond donors (Lipinski definition) is 2. The maximum Gasteiger partial charge on any atom is 0.315 e. The van der Waals surface area contributed by atoms with Crippen molar-refractivity contribution < 1.29 is 8.81 Å². The summed E-state index contributed by atoms with van der Waals surface area (Å²) in [6.45, 7) is 5.26. The summed E-state index contributed by atoms with van der Waals surface area (Å²) in [7, 11) is 0. The molecule has 0 spiro atoms. The first kappa shape index (κ1) is 14.5. The SMILES string of the molecule is CCCNC(C)c1nnc(NCc2ccccc2F)o1. The van der Waals surface area contributed by atoms with Gasteiger partial charge in [0.1, 0.15) is 5.82 Å². The lowest BCUT2D eigenvalue weighted by atomic mass is 10.2. The quantitative estimate of drug-likeness (QED) is 0.815. The van der Waals surface area contributed by atoms with Crippen LogP contribution in [0.3, 0.4) is 0 Å². The van der Waals surface area contributed by atoms with Gasteiger partial charge in [0.15, 0.2) is 0 Å². The molecule has 0 aliphatic carbocycles. The second kappa shape index (κ2) is 7.00. The number of nitrogens with zero attached hydrogens (tertiary/aromatic N) is 2. The standard InChI is InChI=1S/C14H19FN4O/c1-3-8-16-10(2)13-18-19-14(20-13)17-9-11-6-4-5-7-12(11)15/h4-7,10,16H,3,8-9H2,1-2H3,(H,17,19). The average molecular weight is 278 g/mol. The first-order valence-electron chi connectivity index (χ1n) is 6.74. The number of rotatable bonds is 7. The Hall–Kier alpha value is -1.95. The zero-order chi connectivity index (χ0) is 14.4. The van der Waals surface area contributed by atoms with E-state index in [-0.39, 0.29) is 11.9 Å². The molecule has 1 unspecified atom stereocenters. The Balaban J connectivity index is 1.91. The average Bonchev–Trinajstić information content (AvgIpc) is 2.93. The molecule has 20 heavy (non-hydrogen) atoms. The Bertz CT molecular complexity index is 543. The van der Waals surface area contributed by atoms with Gasteiger partial charge in [-0.15, -0.1) is 5.10 Å². The van der Waals surface area contributed by atoms with Crippen molar-refractivity contribution >= 4 is 6.01 Å². The summed E-state index contributed by atoms with van der Waals surface area (Å²) in [5, 5.41) is 14.1. The van der Waals surface area contributed by atoms with E-state index < -0.39 is 0 Å². The van der Waals surface area contributed by atoms with Crippen molar-refractivity contribution in [1.82, 2.24) is 15.5 Å². The molecule has 1 aromatic carbocycles. The van der Waals surface area contributed by atoms with Crippen molar-refractivity contribution in [3.05, 3.63) is 41.5 Å². The van der Waals surface area contributed by atoms with Gasteiger partial charge < -0.3 is 15.1 Å².